The normalized spacial score (nSPS) is 12.8. The molecule has 3 nitrogen and oxygen atoms in total. The molecule has 1 aromatic heterocycles. The van der Waals surface area contributed by atoms with Gasteiger partial charge in [0.25, 0.3) is 0 Å². The summed E-state index contributed by atoms with van der Waals surface area (Å²) < 4.78 is 0. The van der Waals surface area contributed by atoms with Gasteiger partial charge in [-0.2, -0.15) is 0 Å². The second kappa shape index (κ2) is 7.37. The second-order valence-corrected chi connectivity index (χ2v) is 5.46. The molecule has 0 aliphatic rings. The molecule has 0 aliphatic heterocycles. The molecule has 1 heterocycles. The van der Waals surface area contributed by atoms with E-state index in [1.165, 1.54) is 12.0 Å². The minimum Gasteiger partial charge on any atom is -0.359 e. The van der Waals surface area contributed by atoms with Crippen LogP contribution < -0.4 is 10.6 Å². The van der Waals surface area contributed by atoms with Crippen molar-refractivity contribution in [3.63, 3.8) is 0 Å². The van der Waals surface area contributed by atoms with Crippen LogP contribution >= 0.6 is 0 Å². The molecule has 0 spiro atoms. The van der Waals surface area contributed by atoms with Crippen LogP contribution in [0.1, 0.15) is 39.2 Å². The largest absolute Gasteiger partial charge is 0.359 e. The highest BCUT2D eigenvalue weighted by Gasteiger charge is 2.11. The highest BCUT2D eigenvalue weighted by molar-refractivity contribution is 5.46. The second-order valence-electron chi connectivity index (χ2n) is 5.46. The molecule has 0 saturated carbocycles. The molecule has 0 bridgehead atoms. The van der Waals surface area contributed by atoms with E-state index in [4.69, 9.17) is 5.73 Å². The standard InChI is InChI=1S/C15H27N3/c1-5-14(16)11-13-7-6-9-17-15(13)18(4)10-8-12(2)3/h6-7,9,12,14H,5,8,10-11,16H2,1-4H3. The van der Waals surface area contributed by atoms with Crippen molar-refractivity contribution >= 4 is 5.82 Å². The molecule has 2 N–H and O–H groups in total. The maximum Gasteiger partial charge on any atom is 0.131 e. The van der Waals surface area contributed by atoms with Crippen molar-refractivity contribution in [2.45, 2.75) is 46.1 Å². The molecule has 0 saturated heterocycles. The summed E-state index contributed by atoms with van der Waals surface area (Å²) in [6, 6.07) is 4.37. The lowest BCUT2D eigenvalue weighted by molar-refractivity contribution is 0.581. The third kappa shape index (κ3) is 4.65. The fourth-order valence-corrected chi connectivity index (χ4v) is 1.92. The van der Waals surface area contributed by atoms with Gasteiger partial charge in [0.05, 0.1) is 0 Å². The van der Waals surface area contributed by atoms with E-state index in [0.717, 1.165) is 31.1 Å². The van der Waals surface area contributed by atoms with Crippen LogP contribution in [0.3, 0.4) is 0 Å². The molecule has 0 fully saturated rings. The molecule has 18 heavy (non-hydrogen) atoms. The Morgan fingerprint density at radius 2 is 2.11 bits per heavy atom. The third-order valence-corrected chi connectivity index (χ3v) is 3.28. The van der Waals surface area contributed by atoms with Gasteiger partial charge in [-0.3, -0.25) is 0 Å². The maximum absolute atomic E-state index is 6.05. The molecule has 0 radical (unpaired) electrons. The lowest BCUT2D eigenvalue weighted by atomic mass is 10.0. The van der Waals surface area contributed by atoms with Crippen LogP contribution in [-0.2, 0) is 6.42 Å². The SMILES string of the molecule is CCC(N)Cc1cccnc1N(C)CCC(C)C. The van der Waals surface area contributed by atoms with E-state index < -0.39 is 0 Å². The van der Waals surface area contributed by atoms with E-state index >= 15 is 0 Å². The summed E-state index contributed by atoms with van der Waals surface area (Å²) in [6.45, 7) is 7.67. The number of nitrogens with zero attached hydrogens (tertiary/aromatic N) is 2. The molecule has 1 aromatic rings. The van der Waals surface area contributed by atoms with E-state index in [9.17, 15) is 0 Å². The Hall–Kier alpha value is -1.09. The Bertz CT molecular complexity index is 349. The monoisotopic (exact) mass is 249 g/mol. The lowest BCUT2D eigenvalue weighted by Gasteiger charge is -2.23. The van der Waals surface area contributed by atoms with E-state index in [2.05, 4.69) is 43.8 Å². The first-order valence-electron chi connectivity index (χ1n) is 6.95. The molecule has 3 heteroatoms. The van der Waals surface area contributed by atoms with Gasteiger partial charge < -0.3 is 10.6 Å². The van der Waals surface area contributed by atoms with E-state index in [0.29, 0.717) is 0 Å². The number of nitrogens with two attached hydrogens (primary N) is 1. The van der Waals surface area contributed by atoms with Gasteiger partial charge in [-0.15, -0.1) is 0 Å². The predicted molar refractivity (Wildman–Crippen MR) is 78.9 cm³/mol. The summed E-state index contributed by atoms with van der Waals surface area (Å²) in [4.78, 5) is 6.76. The van der Waals surface area contributed by atoms with Crippen LogP contribution in [0.2, 0.25) is 0 Å². The molecule has 0 aromatic carbocycles. The summed E-state index contributed by atoms with van der Waals surface area (Å²) >= 11 is 0. The highest BCUT2D eigenvalue weighted by atomic mass is 15.2. The van der Waals surface area contributed by atoms with Crippen molar-refractivity contribution in [1.29, 1.82) is 0 Å². The van der Waals surface area contributed by atoms with Gasteiger partial charge in [-0.1, -0.05) is 26.8 Å². The van der Waals surface area contributed by atoms with Crippen LogP contribution in [0.4, 0.5) is 5.82 Å². The van der Waals surface area contributed by atoms with Gasteiger partial charge in [0.1, 0.15) is 5.82 Å². The minimum absolute atomic E-state index is 0.228. The zero-order valence-electron chi connectivity index (χ0n) is 12.2. The molecule has 1 unspecified atom stereocenters. The van der Waals surface area contributed by atoms with Crippen LogP contribution in [-0.4, -0.2) is 24.6 Å². The maximum atomic E-state index is 6.05. The number of aromatic nitrogens is 1. The summed E-state index contributed by atoms with van der Waals surface area (Å²) in [6.07, 6.45) is 4.96. The molecular weight excluding hydrogens is 222 g/mol. The quantitative estimate of drug-likeness (QED) is 0.808. The molecule has 102 valence electrons. The Balaban J connectivity index is 2.74. The Morgan fingerprint density at radius 3 is 2.72 bits per heavy atom. The predicted octanol–water partition coefficient (Wildman–Crippen LogP) is 2.84. The zero-order valence-corrected chi connectivity index (χ0v) is 12.2. The van der Waals surface area contributed by atoms with Crippen molar-refractivity contribution in [2.75, 3.05) is 18.5 Å². The first-order chi connectivity index (χ1) is 8.54. The molecule has 0 amide bonds. The van der Waals surface area contributed by atoms with Crippen LogP contribution in [0, 0.1) is 5.92 Å². The van der Waals surface area contributed by atoms with Crippen LogP contribution in [0.25, 0.3) is 0 Å². The van der Waals surface area contributed by atoms with E-state index in [1.807, 2.05) is 12.3 Å². The number of pyridine rings is 1. The number of hydrogen-bond donors (Lipinski definition) is 1. The van der Waals surface area contributed by atoms with Crippen LogP contribution in [0.5, 0.6) is 0 Å². The molecule has 0 aliphatic carbocycles. The summed E-state index contributed by atoms with van der Waals surface area (Å²) in [7, 11) is 2.12. The summed E-state index contributed by atoms with van der Waals surface area (Å²) in [5.41, 5.74) is 7.31. The Kier molecular flexibility index (Phi) is 6.13. The average Bonchev–Trinajstić information content (AvgIpc) is 2.36. The van der Waals surface area contributed by atoms with Gasteiger partial charge in [-0.05, 0) is 36.8 Å². The first-order valence-corrected chi connectivity index (χ1v) is 6.95. The summed E-state index contributed by atoms with van der Waals surface area (Å²) in [5, 5.41) is 0. The van der Waals surface area contributed by atoms with Crippen molar-refractivity contribution in [1.82, 2.24) is 4.98 Å². The number of hydrogen-bond acceptors (Lipinski definition) is 3. The first kappa shape index (κ1) is 15.0. The van der Waals surface area contributed by atoms with Crippen molar-refractivity contribution in [3.8, 4) is 0 Å². The van der Waals surface area contributed by atoms with Gasteiger partial charge in [0.2, 0.25) is 0 Å². The fraction of sp³-hybridized carbons (Fsp3) is 0.667. The smallest absolute Gasteiger partial charge is 0.131 e. The lowest BCUT2D eigenvalue weighted by Crippen LogP contribution is -2.26. The third-order valence-electron chi connectivity index (χ3n) is 3.28. The number of rotatable bonds is 7. The Morgan fingerprint density at radius 1 is 1.39 bits per heavy atom. The highest BCUT2D eigenvalue weighted by Crippen LogP contribution is 2.18. The molecule has 1 rings (SSSR count). The van der Waals surface area contributed by atoms with E-state index in [-0.39, 0.29) is 6.04 Å². The van der Waals surface area contributed by atoms with E-state index in [1.54, 1.807) is 0 Å². The van der Waals surface area contributed by atoms with Crippen molar-refractivity contribution < 1.29 is 0 Å². The van der Waals surface area contributed by atoms with Gasteiger partial charge >= 0.3 is 0 Å². The van der Waals surface area contributed by atoms with Gasteiger partial charge in [0.15, 0.2) is 0 Å². The Labute approximate surface area is 111 Å². The van der Waals surface area contributed by atoms with Crippen LogP contribution in [0.15, 0.2) is 18.3 Å². The topological polar surface area (TPSA) is 42.1 Å². The summed E-state index contributed by atoms with van der Waals surface area (Å²) in [5.74, 6) is 1.81. The van der Waals surface area contributed by atoms with Crippen molar-refractivity contribution in [3.05, 3.63) is 23.9 Å². The fourth-order valence-electron chi connectivity index (χ4n) is 1.92. The average molecular weight is 249 g/mol. The molecule has 1 atom stereocenters. The number of anilines is 1. The minimum atomic E-state index is 0.228. The van der Waals surface area contributed by atoms with Gasteiger partial charge in [0, 0.05) is 25.8 Å². The zero-order chi connectivity index (χ0) is 13.5. The van der Waals surface area contributed by atoms with Crippen molar-refractivity contribution in [2.24, 2.45) is 11.7 Å². The van der Waals surface area contributed by atoms with Gasteiger partial charge in [-0.25, -0.2) is 4.98 Å². The molecular formula is C15H27N3.